The van der Waals surface area contributed by atoms with Crippen molar-refractivity contribution in [2.75, 3.05) is 13.1 Å². The smallest absolute Gasteiger partial charge is 0.309 e. The van der Waals surface area contributed by atoms with Crippen molar-refractivity contribution < 1.29 is 18.0 Å². The van der Waals surface area contributed by atoms with Gasteiger partial charge in [0.2, 0.25) is 0 Å². The molecule has 1 saturated heterocycles. The first-order valence-corrected chi connectivity index (χ1v) is 11.0. The number of carbonyl (C=O) groups excluding carboxylic acids is 2. The van der Waals surface area contributed by atoms with Crippen LogP contribution in [0.1, 0.15) is 18.4 Å². The maximum Gasteiger partial charge on any atom is 0.309 e. The van der Waals surface area contributed by atoms with E-state index < -0.39 is 21.8 Å². The highest BCUT2D eigenvalue weighted by molar-refractivity contribution is 7.91. The van der Waals surface area contributed by atoms with E-state index in [9.17, 15) is 18.0 Å². The molecule has 1 fully saturated rings. The molecule has 0 bridgehead atoms. The second kappa shape index (κ2) is 8.64. The highest BCUT2D eigenvalue weighted by atomic mass is 32.2. The van der Waals surface area contributed by atoms with Gasteiger partial charge in [-0.05, 0) is 29.9 Å². The van der Waals surface area contributed by atoms with Gasteiger partial charge in [-0.25, -0.2) is 8.42 Å². The Hall–Kier alpha value is -2.23. The molecule has 144 valence electrons. The second-order valence-corrected chi connectivity index (χ2v) is 9.29. The molecule has 0 spiro atoms. The molecule has 0 aliphatic carbocycles. The summed E-state index contributed by atoms with van der Waals surface area (Å²) in [7, 11) is -3.56. The summed E-state index contributed by atoms with van der Waals surface area (Å²) in [5.41, 5.74) is 0.891. The predicted octanol–water partition coefficient (Wildman–Crippen LogP) is 1.33. The summed E-state index contributed by atoms with van der Waals surface area (Å²) in [6.07, 6.45) is 1.38. The molecule has 1 atom stereocenters. The molecule has 7 nitrogen and oxygen atoms in total. The number of hydrogen-bond acceptors (Lipinski definition) is 5. The van der Waals surface area contributed by atoms with E-state index in [2.05, 4.69) is 10.6 Å². The van der Waals surface area contributed by atoms with E-state index in [0.29, 0.717) is 17.2 Å². The van der Waals surface area contributed by atoms with E-state index in [4.69, 9.17) is 0 Å². The molecular weight excluding hydrogens is 386 g/mol. The number of amides is 2. The zero-order chi connectivity index (χ0) is 19.3. The quantitative estimate of drug-likeness (QED) is 0.707. The number of sulfonamides is 1. The minimum atomic E-state index is -3.56. The Bertz CT molecular complexity index is 883. The monoisotopic (exact) mass is 407 g/mol. The fourth-order valence-electron chi connectivity index (χ4n) is 3.00. The van der Waals surface area contributed by atoms with Crippen LogP contribution in [0.2, 0.25) is 0 Å². The van der Waals surface area contributed by atoms with Crippen LogP contribution in [0.25, 0.3) is 0 Å². The Morgan fingerprint density at radius 1 is 1.07 bits per heavy atom. The van der Waals surface area contributed by atoms with Crippen LogP contribution in [-0.4, -0.2) is 43.7 Å². The standard InChI is InChI=1S/C18H21N3O4S2/c22-17(19-12-14-6-2-1-3-7-14)18(23)20-13-15-8-4-10-21(15)27(24,25)16-9-5-11-26-16/h1-3,5-7,9,11,15H,4,8,10,12-13H2,(H,19,22)(H,20,23)/t15-/m1/s1. The maximum absolute atomic E-state index is 12.7. The first kappa shape index (κ1) is 19.5. The van der Waals surface area contributed by atoms with E-state index >= 15 is 0 Å². The van der Waals surface area contributed by atoms with Crippen molar-refractivity contribution in [3.05, 3.63) is 53.4 Å². The lowest BCUT2D eigenvalue weighted by atomic mass is 10.2. The van der Waals surface area contributed by atoms with E-state index in [1.165, 1.54) is 15.6 Å². The topological polar surface area (TPSA) is 95.6 Å². The van der Waals surface area contributed by atoms with E-state index in [0.717, 1.165) is 12.0 Å². The number of carbonyl (C=O) groups is 2. The predicted molar refractivity (Wildman–Crippen MR) is 103 cm³/mol. The van der Waals surface area contributed by atoms with Gasteiger partial charge in [-0.3, -0.25) is 9.59 Å². The Kier molecular flexibility index (Phi) is 6.25. The van der Waals surface area contributed by atoms with Crippen molar-refractivity contribution in [1.29, 1.82) is 0 Å². The molecule has 27 heavy (non-hydrogen) atoms. The van der Waals surface area contributed by atoms with Gasteiger partial charge in [0, 0.05) is 25.7 Å². The molecule has 2 aromatic rings. The summed E-state index contributed by atoms with van der Waals surface area (Å²) < 4.78 is 27.1. The Morgan fingerprint density at radius 3 is 2.52 bits per heavy atom. The lowest BCUT2D eigenvalue weighted by molar-refractivity contribution is -0.139. The number of nitrogens with one attached hydrogen (secondary N) is 2. The van der Waals surface area contributed by atoms with Crippen molar-refractivity contribution in [1.82, 2.24) is 14.9 Å². The first-order valence-electron chi connectivity index (χ1n) is 8.64. The second-order valence-electron chi connectivity index (χ2n) is 6.22. The van der Waals surface area contributed by atoms with Gasteiger partial charge in [-0.1, -0.05) is 36.4 Å². The van der Waals surface area contributed by atoms with Crippen LogP contribution in [0.3, 0.4) is 0 Å². The fourth-order valence-corrected chi connectivity index (χ4v) is 5.82. The molecule has 1 aromatic carbocycles. The van der Waals surface area contributed by atoms with Crippen LogP contribution in [0.15, 0.2) is 52.1 Å². The van der Waals surface area contributed by atoms with Crippen molar-refractivity contribution >= 4 is 33.2 Å². The molecule has 3 rings (SSSR count). The van der Waals surface area contributed by atoms with Crippen LogP contribution in [-0.2, 0) is 26.2 Å². The maximum atomic E-state index is 12.7. The van der Waals surface area contributed by atoms with Gasteiger partial charge < -0.3 is 10.6 Å². The first-order chi connectivity index (χ1) is 13.0. The highest BCUT2D eigenvalue weighted by Gasteiger charge is 2.36. The summed E-state index contributed by atoms with van der Waals surface area (Å²) in [5, 5.41) is 6.83. The molecule has 0 saturated carbocycles. The number of benzene rings is 1. The lowest BCUT2D eigenvalue weighted by Crippen LogP contribution is -2.46. The summed E-state index contributed by atoms with van der Waals surface area (Å²) in [5.74, 6) is -1.49. The summed E-state index contributed by atoms with van der Waals surface area (Å²) in [6.45, 7) is 0.790. The zero-order valence-electron chi connectivity index (χ0n) is 14.6. The van der Waals surface area contributed by atoms with Crippen molar-refractivity contribution in [2.24, 2.45) is 0 Å². The molecule has 1 aromatic heterocycles. The van der Waals surface area contributed by atoms with Crippen LogP contribution in [0.4, 0.5) is 0 Å². The van der Waals surface area contributed by atoms with Crippen LogP contribution in [0.5, 0.6) is 0 Å². The van der Waals surface area contributed by atoms with Crippen molar-refractivity contribution in [3.63, 3.8) is 0 Å². The summed E-state index contributed by atoms with van der Waals surface area (Å²) in [4.78, 5) is 23.9. The third-order valence-electron chi connectivity index (χ3n) is 4.38. The third kappa shape index (κ3) is 4.74. The molecule has 9 heteroatoms. The Balaban J connectivity index is 1.52. The van der Waals surface area contributed by atoms with Crippen LogP contribution < -0.4 is 10.6 Å². The van der Waals surface area contributed by atoms with Gasteiger partial charge in [0.05, 0.1) is 0 Å². The minimum Gasteiger partial charge on any atom is -0.346 e. The molecule has 1 aliphatic heterocycles. The number of rotatable bonds is 6. The molecule has 0 unspecified atom stereocenters. The van der Waals surface area contributed by atoms with E-state index in [1.54, 1.807) is 17.5 Å². The van der Waals surface area contributed by atoms with Crippen molar-refractivity contribution in [2.45, 2.75) is 29.6 Å². The summed E-state index contributed by atoms with van der Waals surface area (Å²) >= 11 is 1.17. The molecule has 0 radical (unpaired) electrons. The molecule has 2 heterocycles. The summed E-state index contributed by atoms with van der Waals surface area (Å²) in [6, 6.07) is 12.2. The Morgan fingerprint density at radius 2 is 1.81 bits per heavy atom. The van der Waals surface area contributed by atoms with Gasteiger partial charge in [-0.2, -0.15) is 4.31 Å². The fraction of sp³-hybridized carbons (Fsp3) is 0.333. The average Bonchev–Trinajstić information content (AvgIpc) is 3.37. The van der Waals surface area contributed by atoms with E-state index in [1.807, 2.05) is 30.3 Å². The van der Waals surface area contributed by atoms with Gasteiger partial charge in [0.25, 0.3) is 10.0 Å². The molecule has 2 amide bonds. The molecule has 1 aliphatic rings. The minimum absolute atomic E-state index is 0.113. The van der Waals surface area contributed by atoms with Gasteiger partial charge in [-0.15, -0.1) is 11.3 Å². The van der Waals surface area contributed by atoms with Crippen molar-refractivity contribution in [3.8, 4) is 0 Å². The molecule has 2 N–H and O–H groups in total. The number of thiophene rings is 1. The largest absolute Gasteiger partial charge is 0.346 e. The van der Waals surface area contributed by atoms with Gasteiger partial charge in [0.15, 0.2) is 0 Å². The van der Waals surface area contributed by atoms with Crippen LogP contribution in [0, 0.1) is 0 Å². The van der Waals surface area contributed by atoms with Crippen LogP contribution >= 0.6 is 11.3 Å². The Labute approximate surface area is 162 Å². The van der Waals surface area contributed by atoms with Gasteiger partial charge in [0.1, 0.15) is 4.21 Å². The van der Waals surface area contributed by atoms with E-state index in [-0.39, 0.29) is 19.1 Å². The normalized spacial score (nSPS) is 17.6. The zero-order valence-corrected chi connectivity index (χ0v) is 16.3. The number of hydrogen-bond donors (Lipinski definition) is 2. The van der Waals surface area contributed by atoms with Gasteiger partial charge >= 0.3 is 11.8 Å². The lowest BCUT2D eigenvalue weighted by Gasteiger charge is -2.23. The third-order valence-corrected chi connectivity index (χ3v) is 7.71. The number of nitrogens with zero attached hydrogens (tertiary/aromatic N) is 1. The average molecular weight is 408 g/mol. The SMILES string of the molecule is O=C(NCc1ccccc1)C(=O)NC[C@H]1CCCN1S(=O)(=O)c1cccs1. The molecular formula is C18H21N3O4S2. The highest BCUT2D eigenvalue weighted by Crippen LogP contribution is 2.28.